The molecule has 0 atom stereocenters. The van der Waals surface area contributed by atoms with Crippen LogP contribution in [0, 0.1) is 6.92 Å². The summed E-state index contributed by atoms with van der Waals surface area (Å²) in [5.41, 5.74) is 3.45. The molecule has 2 heterocycles. The van der Waals surface area contributed by atoms with Crippen molar-refractivity contribution in [2.45, 2.75) is 20.0 Å². The number of aryl methyl sites for hydroxylation is 1. The maximum absolute atomic E-state index is 11.7. The summed E-state index contributed by atoms with van der Waals surface area (Å²) in [4.78, 5) is 17.8. The number of carbonyl (C=O) groups is 1. The van der Waals surface area contributed by atoms with Gasteiger partial charge in [-0.3, -0.25) is 4.98 Å². The van der Waals surface area contributed by atoms with Gasteiger partial charge in [0.25, 0.3) is 0 Å². The molecule has 1 aliphatic heterocycles. The van der Waals surface area contributed by atoms with E-state index in [2.05, 4.69) is 15.6 Å². The van der Waals surface area contributed by atoms with E-state index in [0.29, 0.717) is 31.9 Å². The average molecular weight is 312 g/mol. The maximum atomic E-state index is 11.7. The molecule has 2 amide bonds. The van der Waals surface area contributed by atoms with Gasteiger partial charge in [0.05, 0.1) is 6.54 Å². The summed E-state index contributed by atoms with van der Waals surface area (Å²) in [6, 6.07) is 11.3. The Morgan fingerprint density at radius 1 is 1.30 bits per heavy atom. The van der Waals surface area contributed by atoms with E-state index in [1.54, 1.807) is 17.0 Å². The zero-order chi connectivity index (χ0) is 16.2. The zero-order valence-corrected chi connectivity index (χ0v) is 13.0. The van der Waals surface area contributed by atoms with E-state index >= 15 is 0 Å². The van der Waals surface area contributed by atoms with Gasteiger partial charge in [0.1, 0.15) is 11.4 Å². The van der Waals surface area contributed by atoms with Crippen LogP contribution >= 0.6 is 0 Å². The molecule has 23 heavy (non-hydrogen) atoms. The van der Waals surface area contributed by atoms with Gasteiger partial charge < -0.3 is 20.6 Å². The van der Waals surface area contributed by atoms with Crippen LogP contribution in [-0.4, -0.2) is 34.1 Å². The number of para-hydroxylation sites is 1. The fraction of sp³-hybridized carbons (Fsp3) is 0.294. The lowest BCUT2D eigenvalue weighted by Crippen LogP contribution is -2.27. The monoisotopic (exact) mass is 312 g/mol. The van der Waals surface area contributed by atoms with Crippen LogP contribution in [0.1, 0.15) is 17.0 Å². The van der Waals surface area contributed by atoms with E-state index < -0.39 is 0 Å². The molecule has 1 fully saturated rings. The molecule has 0 aliphatic carbocycles. The molecule has 3 N–H and O–H groups in total. The number of amides is 2. The Balaban J connectivity index is 1.72. The van der Waals surface area contributed by atoms with Crippen LogP contribution in [0.2, 0.25) is 0 Å². The molecule has 3 rings (SSSR count). The lowest BCUT2D eigenvalue weighted by molar-refractivity contribution is 0.215. The molecule has 6 heteroatoms. The third-order valence-electron chi connectivity index (χ3n) is 3.86. The van der Waals surface area contributed by atoms with E-state index in [4.69, 9.17) is 0 Å². The average Bonchev–Trinajstić information content (AvgIpc) is 2.95. The summed E-state index contributed by atoms with van der Waals surface area (Å²) in [5, 5.41) is 16.0. The number of urea groups is 1. The molecule has 1 saturated heterocycles. The normalized spacial score (nSPS) is 14.0. The van der Waals surface area contributed by atoms with E-state index in [1.807, 2.05) is 31.2 Å². The smallest absolute Gasteiger partial charge is 0.317 e. The highest BCUT2D eigenvalue weighted by atomic mass is 16.3. The number of hydrogen-bond donors (Lipinski definition) is 3. The van der Waals surface area contributed by atoms with Crippen molar-refractivity contribution in [1.29, 1.82) is 0 Å². The summed E-state index contributed by atoms with van der Waals surface area (Å²) in [7, 11) is 0. The van der Waals surface area contributed by atoms with Crippen molar-refractivity contribution in [2.24, 2.45) is 0 Å². The Morgan fingerprint density at radius 3 is 2.91 bits per heavy atom. The molecular weight excluding hydrogens is 292 g/mol. The first-order valence-electron chi connectivity index (χ1n) is 7.63. The molecule has 6 nitrogen and oxygen atoms in total. The number of rotatable bonds is 5. The highest BCUT2D eigenvalue weighted by molar-refractivity contribution is 5.76. The van der Waals surface area contributed by atoms with Gasteiger partial charge in [-0.1, -0.05) is 18.2 Å². The summed E-state index contributed by atoms with van der Waals surface area (Å²) in [5.74, 6) is 0.180. The Bertz CT molecular complexity index is 717. The molecular formula is C17H20N4O2. The number of carbonyl (C=O) groups excluding carboxylic acids is 1. The van der Waals surface area contributed by atoms with Gasteiger partial charge in [0.2, 0.25) is 0 Å². The fourth-order valence-electron chi connectivity index (χ4n) is 2.61. The molecule has 2 aromatic rings. The van der Waals surface area contributed by atoms with Gasteiger partial charge in [-0.05, 0) is 30.7 Å². The Morgan fingerprint density at radius 2 is 2.13 bits per heavy atom. The Labute approximate surface area is 135 Å². The molecule has 1 aliphatic rings. The number of pyridine rings is 1. The van der Waals surface area contributed by atoms with E-state index in [1.165, 1.54) is 0 Å². The third kappa shape index (κ3) is 3.53. The van der Waals surface area contributed by atoms with Crippen molar-refractivity contribution < 1.29 is 9.90 Å². The molecule has 120 valence electrons. The van der Waals surface area contributed by atoms with Crippen molar-refractivity contribution in [3.63, 3.8) is 0 Å². The summed E-state index contributed by atoms with van der Waals surface area (Å²) in [6.45, 7) is 4.28. The number of aromatic nitrogens is 1. The first kappa shape index (κ1) is 15.1. The lowest BCUT2D eigenvalue weighted by Gasteiger charge is -2.18. The second-order valence-electron chi connectivity index (χ2n) is 5.58. The van der Waals surface area contributed by atoms with E-state index in [-0.39, 0.29) is 11.8 Å². The molecule has 0 unspecified atom stereocenters. The predicted octanol–water partition coefficient (Wildman–Crippen LogP) is 2.23. The van der Waals surface area contributed by atoms with Crippen LogP contribution in [0.25, 0.3) is 0 Å². The van der Waals surface area contributed by atoms with Crippen molar-refractivity contribution in [2.75, 3.05) is 18.4 Å². The minimum atomic E-state index is -0.0298. The van der Waals surface area contributed by atoms with Crippen molar-refractivity contribution in [3.05, 3.63) is 53.3 Å². The predicted molar refractivity (Wildman–Crippen MR) is 88.2 cm³/mol. The minimum absolute atomic E-state index is 0.0298. The van der Waals surface area contributed by atoms with Gasteiger partial charge >= 0.3 is 6.03 Å². The first-order chi connectivity index (χ1) is 11.1. The number of anilines is 1. The van der Waals surface area contributed by atoms with E-state index in [0.717, 1.165) is 16.9 Å². The molecule has 0 radical (unpaired) electrons. The molecule has 1 aromatic heterocycles. The van der Waals surface area contributed by atoms with Gasteiger partial charge in [-0.15, -0.1) is 0 Å². The van der Waals surface area contributed by atoms with Crippen LogP contribution in [0.3, 0.4) is 0 Å². The first-order valence-corrected chi connectivity index (χ1v) is 7.63. The van der Waals surface area contributed by atoms with Gasteiger partial charge in [-0.2, -0.15) is 0 Å². The highest BCUT2D eigenvalue weighted by Crippen LogP contribution is 2.21. The largest absolute Gasteiger partial charge is 0.506 e. The molecule has 0 spiro atoms. The van der Waals surface area contributed by atoms with Crippen LogP contribution < -0.4 is 10.6 Å². The van der Waals surface area contributed by atoms with Crippen molar-refractivity contribution >= 4 is 11.7 Å². The maximum Gasteiger partial charge on any atom is 0.317 e. The number of nitrogens with zero attached hydrogens (tertiary/aromatic N) is 2. The third-order valence-corrected chi connectivity index (χ3v) is 3.86. The summed E-state index contributed by atoms with van der Waals surface area (Å²) in [6.07, 6.45) is 0. The summed E-state index contributed by atoms with van der Waals surface area (Å²) < 4.78 is 0. The lowest BCUT2D eigenvalue weighted by atomic mass is 10.1. The molecule has 0 bridgehead atoms. The second kappa shape index (κ2) is 6.56. The van der Waals surface area contributed by atoms with Gasteiger partial charge in [0, 0.05) is 31.0 Å². The van der Waals surface area contributed by atoms with Crippen LogP contribution in [0.4, 0.5) is 10.5 Å². The number of benzene rings is 1. The van der Waals surface area contributed by atoms with E-state index in [9.17, 15) is 9.90 Å². The van der Waals surface area contributed by atoms with Crippen molar-refractivity contribution in [1.82, 2.24) is 15.2 Å². The fourth-order valence-corrected chi connectivity index (χ4v) is 2.61. The molecule has 1 aromatic carbocycles. The Hall–Kier alpha value is -2.76. The SMILES string of the molecule is Cc1ccc(O)c(CNc2ccccc2CN2CCNC2=O)n1. The Kier molecular flexibility index (Phi) is 4.32. The topological polar surface area (TPSA) is 77.5 Å². The zero-order valence-electron chi connectivity index (χ0n) is 13.0. The second-order valence-corrected chi connectivity index (χ2v) is 5.58. The van der Waals surface area contributed by atoms with Gasteiger partial charge in [-0.25, -0.2) is 4.79 Å². The molecule has 0 saturated carbocycles. The van der Waals surface area contributed by atoms with Gasteiger partial charge in [0.15, 0.2) is 0 Å². The standard InChI is InChI=1S/C17H20N4O2/c1-12-6-7-16(22)15(20-12)10-19-14-5-3-2-4-13(14)11-21-9-8-18-17(21)23/h2-7,19,22H,8-11H2,1H3,(H,18,23). The van der Waals surface area contributed by atoms with Crippen molar-refractivity contribution in [3.8, 4) is 5.75 Å². The van der Waals surface area contributed by atoms with Crippen LogP contribution in [0.5, 0.6) is 5.75 Å². The van der Waals surface area contributed by atoms with Crippen LogP contribution in [-0.2, 0) is 13.1 Å². The minimum Gasteiger partial charge on any atom is -0.506 e. The summed E-state index contributed by atoms with van der Waals surface area (Å²) >= 11 is 0. The quantitative estimate of drug-likeness (QED) is 0.791. The van der Waals surface area contributed by atoms with Crippen LogP contribution in [0.15, 0.2) is 36.4 Å². The number of aromatic hydroxyl groups is 1. The highest BCUT2D eigenvalue weighted by Gasteiger charge is 2.20. The number of hydrogen-bond acceptors (Lipinski definition) is 4. The number of nitrogens with one attached hydrogen (secondary N) is 2.